The third kappa shape index (κ3) is 2.25. The van der Waals surface area contributed by atoms with Crippen LogP contribution in [0.25, 0.3) is 0 Å². The lowest BCUT2D eigenvalue weighted by Gasteiger charge is -2.21. The summed E-state index contributed by atoms with van der Waals surface area (Å²) in [5.41, 5.74) is 1.39. The molecule has 0 aliphatic heterocycles. The van der Waals surface area contributed by atoms with E-state index in [4.69, 9.17) is 11.6 Å². The molecule has 0 heterocycles. The standard InChI is InChI=1S/C12H14Cl/c13-12-8-6-11(7-9-12)10-4-2-1-3-5-10/h6-9H,1-5H2. The van der Waals surface area contributed by atoms with E-state index in [1.165, 1.54) is 37.7 Å². The molecule has 69 valence electrons. The van der Waals surface area contributed by atoms with Crippen molar-refractivity contribution in [3.05, 3.63) is 40.8 Å². The molecule has 1 saturated carbocycles. The summed E-state index contributed by atoms with van der Waals surface area (Å²) in [4.78, 5) is 0. The molecule has 1 aliphatic carbocycles. The fourth-order valence-corrected chi connectivity index (χ4v) is 2.08. The first-order valence-electron chi connectivity index (χ1n) is 4.97. The molecule has 1 aromatic carbocycles. The van der Waals surface area contributed by atoms with Crippen LogP contribution in [-0.4, -0.2) is 0 Å². The summed E-state index contributed by atoms with van der Waals surface area (Å²) in [6, 6.07) is 8.25. The van der Waals surface area contributed by atoms with Crippen LogP contribution < -0.4 is 0 Å². The Bertz CT molecular complexity index is 257. The molecule has 0 amide bonds. The molecule has 0 nitrogen and oxygen atoms in total. The maximum absolute atomic E-state index is 5.84. The molecular formula is C12H14Cl. The van der Waals surface area contributed by atoms with Gasteiger partial charge in [-0.1, -0.05) is 43.0 Å². The molecule has 0 unspecified atom stereocenters. The van der Waals surface area contributed by atoms with Crippen molar-refractivity contribution in [2.75, 3.05) is 0 Å². The highest BCUT2D eigenvalue weighted by Gasteiger charge is 2.15. The fraction of sp³-hybridized carbons (Fsp3) is 0.417. The lowest BCUT2D eigenvalue weighted by molar-refractivity contribution is 0.551. The number of hydrogen-bond acceptors (Lipinski definition) is 0. The predicted molar refractivity (Wildman–Crippen MR) is 56.9 cm³/mol. The number of rotatable bonds is 1. The minimum atomic E-state index is 0.833. The topological polar surface area (TPSA) is 0 Å². The summed E-state index contributed by atoms with van der Waals surface area (Å²) in [5, 5.41) is 0.833. The van der Waals surface area contributed by atoms with Crippen LogP contribution in [0.15, 0.2) is 24.3 Å². The lowest BCUT2D eigenvalue weighted by Crippen LogP contribution is -2.04. The van der Waals surface area contributed by atoms with Gasteiger partial charge in [-0.15, -0.1) is 0 Å². The largest absolute Gasteiger partial charge is 0.0843 e. The maximum Gasteiger partial charge on any atom is 0.0406 e. The highest BCUT2D eigenvalue weighted by atomic mass is 35.5. The number of halogens is 1. The molecule has 0 saturated heterocycles. The van der Waals surface area contributed by atoms with Crippen molar-refractivity contribution in [2.45, 2.75) is 32.1 Å². The van der Waals surface area contributed by atoms with E-state index in [2.05, 4.69) is 12.1 Å². The number of benzene rings is 1. The van der Waals surface area contributed by atoms with Crippen molar-refractivity contribution in [3.63, 3.8) is 0 Å². The molecule has 0 atom stereocenters. The van der Waals surface area contributed by atoms with Crippen LogP contribution in [0.1, 0.15) is 37.7 Å². The van der Waals surface area contributed by atoms with Crippen LogP contribution in [0.2, 0.25) is 5.02 Å². The zero-order valence-electron chi connectivity index (χ0n) is 7.72. The minimum Gasteiger partial charge on any atom is -0.0843 e. The smallest absolute Gasteiger partial charge is 0.0406 e. The molecular weight excluding hydrogens is 180 g/mol. The minimum absolute atomic E-state index is 0.833. The van der Waals surface area contributed by atoms with Crippen LogP contribution >= 0.6 is 11.6 Å². The first-order chi connectivity index (χ1) is 6.36. The van der Waals surface area contributed by atoms with E-state index in [0.717, 1.165) is 5.02 Å². The summed E-state index contributed by atoms with van der Waals surface area (Å²) in [5.74, 6) is 1.61. The zero-order valence-corrected chi connectivity index (χ0v) is 8.48. The van der Waals surface area contributed by atoms with Crippen molar-refractivity contribution < 1.29 is 0 Å². The summed E-state index contributed by atoms with van der Waals surface area (Å²) in [6.45, 7) is 0. The molecule has 0 bridgehead atoms. The van der Waals surface area contributed by atoms with Crippen LogP contribution in [0, 0.1) is 5.92 Å². The van der Waals surface area contributed by atoms with E-state index in [1.54, 1.807) is 5.92 Å². The first-order valence-corrected chi connectivity index (χ1v) is 5.35. The Balaban J connectivity index is 2.10. The van der Waals surface area contributed by atoms with Crippen molar-refractivity contribution in [1.82, 2.24) is 0 Å². The maximum atomic E-state index is 5.84. The van der Waals surface area contributed by atoms with E-state index in [0.29, 0.717) is 0 Å². The summed E-state index contributed by atoms with van der Waals surface area (Å²) >= 11 is 5.84. The van der Waals surface area contributed by atoms with Crippen LogP contribution in [0.4, 0.5) is 0 Å². The normalized spacial score (nSPS) is 18.8. The summed E-state index contributed by atoms with van der Waals surface area (Å²) < 4.78 is 0. The van der Waals surface area contributed by atoms with Gasteiger partial charge >= 0.3 is 0 Å². The molecule has 0 N–H and O–H groups in total. The molecule has 1 heteroatoms. The Labute approximate surface area is 84.9 Å². The quantitative estimate of drug-likeness (QED) is 0.626. The second-order valence-corrected chi connectivity index (χ2v) is 4.11. The Hall–Kier alpha value is -0.490. The first kappa shape index (κ1) is 9.08. The second-order valence-electron chi connectivity index (χ2n) is 3.67. The van der Waals surface area contributed by atoms with E-state index in [1.807, 2.05) is 12.1 Å². The average Bonchev–Trinajstić information content (AvgIpc) is 2.20. The van der Waals surface area contributed by atoms with Gasteiger partial charge in [0.25, 0.3) is 0 Å². The van der Waals surface area contributed by atoms with Gasteiger partial charge in [-0.2, -0.15) is 0 Å². The van der Waals surface area contributed by atoms with E-state index < -0.39 is 0 Å². The molecule has 1 aliphatic rings. The van der Waals surface area contributed by atoms with Gasteiger partial charge < -0.3 is 0 Å². The lowest BCUT2D eigenvalue weighted by atomic mass is 9.84. The van der Waals surface area contributed by atoms with Gasteiger partial charge in [-0.3, -0.25) is 0 Å². The van der Waals surface area contributed by atoms with E-state index >= 15 is 0 Å². The van der Waals surface area contributed by atoms with Gasteiger partial charge in [-0.25, -0.2) is 0 Å². The van der Waals surface area contributed by atoms with Crippen molar-refractivity contribution in [3.8, 4) is 0 Å². The molecule has 1 radical (unpaired) electrons. The van der Waals surface area contributed by atoms with Gasteiger partial charge in [0.05, 0.1) is 0 Å². The van der Waals surface area contributed by atoms with Crippen molar-refractivity contribution >= 4 is 11.6 Å². The highest BCUT2D eigenvalue weighted by Crippen LogP contribution is 2.31. The predicted octanol–water partition coefficient (Wildman–Crippen LogP) is 4.23. The molecule has 0 spiro atoms. The van der Waals surface area contributed by atoms with Gasteiger partial charge in [-0.05, 0) is 30.5 Å². The molecule has 2 rings (SSSR count). The molecule has 1 fully saturated rings. The van der Waals surface area contributed by atoms with Gasteiger partial charge in [0.2, 0.25) is 0 Å². The van der Waals surface area contributed by atoms with Gasteiger partial charge in [0.1, 0.15) is 0 Å². The molecule has 0 aromatic heterocycles. The summed E-state index contributed by atoms with van der Waals surface area (Å²) in [6.07, 6.45) is 6.68. The Morgan fingerprint density at radius 3 is 2.08 bits per heavy atom. The molecule has 13 heavy (non-hydrogen) atoms. The van der Waals surface area contributed by atoms with Gasteiger partial charge in [0.15, 0.2) is 0 Å². The monoisotopic (exact) mass is 193 g/mol. The van der Waals surface area contributed by atoms with Crippen molar-refractivity contribution in [1.29, 1.82) is 0 Å². The number of hydrogen-bond donors (Lipinski definition) is 0. The Kier molecular flexibility index (Phi) is 2.90. The second kappa shape index (κ2) is 4.15. The van der Waals surface area contributed by atoms with Crippen LogP contribution in [0.3, 0.4) is 0 Å². The van der Waals surface area contributed by atoms with Crippen LogP contribution in [-0.2, 0) is 0 Å². The van der Waals surface area contributed by atoms with E-state index in [9.17, 15) is 0 Å². The highest BCUT2D eigenvalue weighted by molar-refractivity contribution is 6.30. The SMILES string of the molecule is Clc1ccc([C]2CCCCC2)cc1. The molecule has 1 aromatic rings. The van der Waals surface area contributed by atoms with Gasteiger partial charge in [0, 0.05) is 10.9 Å². The third-order valence-electron chi connectivity index (χ3n) is 2.71. The summed E-state index contributed by atoms with van der Waals surface area (Å²) in [7, 11) is 0. The van der Waals surface area contributed by atoms with Crippen molar-refractivity contribution in [2.24, 2.45) is 0 Å². The zero-order chi connectivity index (χ0) is 9.10. The van der Waals surface area contributed by atoms with E-state index in [-0.39, 0.29) is 0 Å². The Morgan fingerprint density at radius 2 is 1.46 bits per heavy atom. The Morgan fingerprint density at radius 1 is 0.846 bits per heavy atom. The third-order valence-corrected chi connectivity index (χ3v) is 2.96. The fourth-order valence-electron chi connectivity index (χ4n) is 1.95. The average molecular weight is 194 g/mol. The van der Waals surface area contributed by atoms with Crippen LogP contribution in [0.5, 0.6) is 0 Å².